The summed E-state index contributed by atoms with van der Waals surface area (Å²) in [6.45, 7) is 0.976. The van der Waals surface area contributed by atoms with E-state index in [1.54, 1.807) is 13.8 Å². The number of nitrogens with one attached hydrogen (secondary N) is 1. The summed E-state index contributed by atoms with van der Waals surface area (Å²) >= 11 is 1.08. The van der Waals surface area contributed by atoms with Crippen molar-refractivity contribution in [3.05, 3.63) is 15.8 Å². The molecule has 0 unspecified atom stereocenters. The fourth-order valence-electron chi connectivity index (χ4n) is 2.54. The van der Waals surface area contributed by atoms with Crippen LogP contribution in [0.1, 0.15) is 34.3 Å². The van der Waals surface area contributed by atoms with Crippen molar-refractivity contribution in [2.75, 3.05) is 18.8 Å². The van der Waals surface area contributed by atoms with E-state index in [9.17, 15) is 22.0 Å². The number of alkyl halides is 2. The van der Waals surface area contributed by atoms with Crippen LogP contribution in [0, 0.1) is 6.92 Å². The van der Waals surface area contributed by atoms with Crippen molar-refractivity contribution in [3.8, 4) is 5.75 Å². The van der Waals surface area contributed by atoms with Crippen molar-refractivity contribution < 1.29 is 26.7 Å². The number of thiophene rings is 1. The van der Waals surface area contributed by atoms with Crippen LogP contribution < -0.4 is 10.1 Å². The predicted octanol–water partition coefficient (Wildman–Crippen LogP) is 2.20. The summed E-state index contributed by atoms with van der Waals surface area (Å²) in [5.74, 6) is -0.552. The smallest absolute Gasteiger partial charge is 0.387 e. The lowest BCUT2D eigenvalue weighted by molar-refractivity contribution is -0.0498. The highest BCUT2D eigenvalue weighted by molar-refractivity contribution is 7.89. The number of amides is 1. The third kappa shape index (κ3) is 4.64. The first-order valence-electron chi connectivity index (χ1n) is 7.57. The molecule has 1 amide bonds. The molecule has 24 heavy (non-hydrogen) atoms. The number of hydrogen-bond donors (Lipinski definition) is 1. The van der Waals surface area contributed by atoms with Gasteiger partial charge in [0.1, 0.15) is 10.6 Å². The zero-order chi connectivity index (χ0) is 17.9. The van der Waals surface area contributed by atoms with Gasteiger partial charge in [0.25, 0.3) is 5.91 Å². The van der Waals surface area contributed by atoms with Gasteiger partial charge in [0.05, 0.1) is 5.75 Å². The first kappa shape index (κ1) is 19.1. The van der Waals surface area contributed by atoms with Crippen molar-refractivity contribution in [1.82, 2.24) is 9.62 Å². The second-order valence-corrected chi connectivity index (χ2v) is 8.99. The Hall–Kier alpha value is -1.26. The maximum Gasteiger partial charge on any atom is 0.387 e. The Kier molecular flexibility index (Phi) is 6.16. The number of halogens is 2. The first-order chi connectivity index (χ1) is 11.2. The van der Waals surface area contributed by atoms with Crippen LogP contribution in [-0.4, -0.2) is 50.1 Å². The second-order valence-electron chi connectivity index (χ2n) is 5.48. The number of aryl methyl sites for hydroxylation is 1. The van der Waals surface area contributed by atoms with E-state index < -0.39 is 22.5 Å². The molecule has 0 aromatic carbocycles. The topological polar surface area (TPSA) is 75.7 Å². The summed E-state index contributed by atoms with van der Waals surface area (Å²) in [7, 11) is -3.22. The van der Waals surface area contributed by atoms with Gasteiger partial charge in [0.2, 0.25) is 10.0 Å². The average molecular weight is 382 g/mol. The van der Waals surface area contributed by atoms with Gasteiger partial charge in [-0.25, -0.2) is 12.7 Å². The van der Waals surface area contributed by atoms with Crippen molar-refractivity contribution in [1.29, 1.82) is 0 Å². The highest BCUT2D eigenvalue weighted by Gasteiger charge is 2.28. The van der Waals surface area contributed by atoms with Crippen molar-refractivity contribution in [2.45, 2.75) is 39.3 Å². The largest absolute Gasteiger partial charge is 0.433 e. The molecule has 0 aliphatic carbocycles. The molecule has 6 nitrogen and oxygen atoms in total. The highest BCUT2D eigenvalue weighted by atomic mass is 32.2. The minimum absolute atomic E-state index is 0.0484. The Balaban J connectivity index is 1.97. The zero-order valence-electron chi connectivity index (χ0n) is 13.4. The molecule has 2 heterocycles. The Morgan fingerprint density at radius 1 is 1.46 bits per heavy atom. The van der Waals surface area contributed by atoms with Gasteiger partial charge < -0.3 is 10.1 Å². The van der Waals surface area contributed by atoms with Crippen LogP contribution in [0.15, 0.2) is 6.07 Å². The van der Waals surface area contributed by atoms with Crippen LogP contribution in [0.2, 0.25) is 0 Å². The van der Waals surface area contributed by atoms with Gasteiger partial charge in [-0.1, -0.05) is 0 Å². The first-order valence-corrected chi connectivity index (χ1v) is 9.99. The molecule has 0 bridgehead atoms. The molecule has 10 heteroatoms. The number of carbonyl (C=O) groups excluding carboxylic acids is 1. The van der Waals surface area contributed by atoms with Crippen LogP contribution in [0.25, 0.3) is 0 Å². The SMILES string of the molecule is CCS(=O)(=O)N1CCC(NC(=O)c2sc(C)cc2OC(F)F)CC1. The van der Waals surface area contributed by atoms with Gasteiger partial charge in [-0.15, -0.1) is 11.3 Å². The fourth-order valence-corrected chi connectivity index (χ4v) is 4.52. The lowest BCUT2D eigenvalue weighted by Gasteiger charge is -2.31. The Labute approximate surface area is 143 Å². The van der Waals surface area contributed by atoms with Gasteiger partial charge in [-0.2, -0.15) is 8.78 Å². The third-order valence-corrected chi connectivity index (χ3v) is 6.70. The number of rotatable bonds is 6. The lowest BCUT2D eigenvalue weighted by Crippen LogP contribution is -2.46. The molecule has 0 radical (unpaired) electrons. The number of ether oxygens (including phenoxy) is 1. The molecule has 1 aromatic rings. The van der Waals surface area contributed by atoms with Crippen LogP contribution >= 0.6 is 11.3 Å². The van der Waals surface area contributed by atoms with Gasteiger partial charge in [-0.3, -0.25) is 4.79 Å². The molecule has 136 valence electrons. The van der Waals surface area contributed by atoms with E-state index in [-0.39, 0.29) is 22.4 Å². The Morgan fingerprint density at radius 3 is 2.62 bits per heavy atom. The number of hydrogen-bond acceptors (Lipinski definition) is 5. The highest BCUT2D eigenvalue weighted by Crippen LogP contribution is 2.30. The average Bonchev–Trinajstić information content (AvgIpc) is 2.87. The lowest BCUT2D eigenvalue weighted by atomic mass is 10.1. The molecule has 1 saturated heterocycles. The minimum atomic E-state index is -3.22. The molecule has 1 aromatic heterocycles. The molecule has 1 aliphatic rings. The maximum atomic E-state index is 12.4. The molecule has 0 saturated carbocycles. The van der Waals surface area contributed by atoms with E-state index in [1.165, 1.54) is 10.4 Å². The molecular formula is C14H20F2N2O4S2. The predicted molar refractivity (Wildman–Crippen MR) is 87.2 cm³/mol. The molecule has 1 N–H and O–H groups in total. The van der Waals surface area contributed by atoms with Crippen LogP contribution in [0.4, 0.5) is 8.78 Å². The molecule has 0 spiro atoms. The summed E-state index contributed by atoms with van der Waals surface area (Å²) < 4.78 is 54.2. The molecular weight excluding hydrogens is 362 g/mol. The molecule has 0 atom stereocenters. The number of nitrogens with zero attached hydrogens (tertiary/aromatic N) is 1. The maximum absolute atomic E-state index is 12.4. The van der Waals surface area contributed by atoms with E-state index in [0.717, 1.165) is 11.3 Å². The van der Waals surface area contributed by atoms with E-state index in [4.69, 9.17) is 0 Å². The van der Waals surface area contributed by atoms with Crippen LogP contribution in [0.3, 0.4) is 0 Å². The van der Waals surface area contributed by atoms with Gasteiger partial charge >= 0.3 is 6.61 Å². The van der Waals surface area contributed by atoms with Crippen molar-refractivity contribution in [3.63, 3.8) is 0 Å². The van der Waals surface area contributed by atoms with Crippen molar-refractivity contribution in [2.24, 2.45) is 0 Å². The van der Waals surface area contributed by atoms with Gasteiger partial charge in [0, 0.05) is 24.0 Å². The van der Waals surface area contributed by atoms with Crippen LogP contribution in [-0.2, 0) is 10.0 Å². The Bertz CT molecular complexity index is 683. The van der Waals surface area contributed by atoms with Crippen molar-refractivity contribution >= 4 is 27.3 Å². The molecule has 2 rings (SSSR count). The van der Waals surface area contributed by atoms with E-state index in [2.05, 4.69) is 10.1 Å². The summed E-state index contributed by atoms with van der Waals surface area (Å²) in [6, 6.07) is 1.21. The van der Waals surface area contributed by atoms with Crippen LogP contribution in [0.5, 0.6) is 5.75 Å². The normalized spacial score (nSPS) is 17.2. The zero-order valence-corrected chi connectivity index (χ0v) is 15.1. The summed E-state index contributed by atoms with van der Waals surface area (Å²) in [5.41, 5.74) is 0. The van der Waals surface area contributed by atoms with Gasteiger partial charge in [0.15, 0.2) is 0 Å². The summed E-state index contributed by atoms with van der Waals surface area (Å²) in [4.78, 5) is 13.1. The summed E-state index contributed by atoms with van der Waals surface area (Å²) in [5, 5.41) is 2.78. The summed E-state index contributed by atoms with van der Waals surface area (Å²) in [6.07, 6.45) is 0.973. The van der Waals surface area contributed by atoms with E-state index in [1.807, 2.05) is 0 Å². The number of piperidine rings is 1. The fraction of sp³-hybridized carbons (Fsp3) is 0.643. The standard InChI is InChI=1S/C14H20F2N2O4S2/c1-3-24(20,21)18-6-4-10(5-7-18)17-13(19)12-11(22-14(15)16)8-9(2)23-12/h8,10,14H,3-7H2,1-2H3,(H,17,19). The number of sulfonamides is 1. The van der Waals surface area contributed by atoms with E-state index >= 15 is 0 Å². The third-order valence-electron chi connectivity index (χ3n) is 3.79. The monoisotopic (exact) mass is 382 g/mol. The minimum Gasteiger partial charge on any atom is -0.433 e. The van der Waals surface area contributed by atoms with E-state index in [0.29, 0.717) is 30.8 Å². The van der Waals surface area contributed by atoms with Gasteiger partial charge in [-0.05, 0) is 32.8 Å². The second kappa shape index (κ2) is 7.75. The molecule has 1 fully saturated rings. The number of carbonyl (C=O) groups is 1. The Morgan fingerprint density at radius 2 is 2.08 bits per heavy atom. The molecule has 1 aliphatic heterocycles. The quantitative estimate of drug-likeness (QED) is 0.818.